The zero-order valence-corrected chi connectivity index (χ0v) is 15.4. The molecule has 3 aromatic rings. The molecule has 27 heavy (non-hydrogen) atoms. The molecule has 0 aromatic heterocycles. The number of esters is 1. The van der Waals surface area contributed by atoms with E-state index in [2.05, 4.69) is 6.07 Å². The molecule has 0 atom stereocenters. The van der Waals surface area contributed by atoms with Crippen LogP contribution in [0.2, 0.25) is 0 Å². The molecule has 3 aromatic carbocycles. The Balaban J connectivity index is 1.67. The molecule has 0 bridgehead atoms. The molecule has 0 aliphatic rings. The molecule has 4 nitrogen and oxygen atoms in total. The predicted octanol–water partition coefficient (Wildman–Crippen LogP) is 4.42. The average Bonchev–Trinajstić information content (AvgIpc) is 2.72. The van der Waals surface area contributed by atoms with Gasteiger partial charge in [0.2, 0.25) is 0 Å². The van der Waals surface area contributed by atoms with E-state index >= 15 is 0 Å². The fourth-order valence-corrected chi connectivity index (χ4v) is 2.92. The first-order chi connectivity index (χ1) is 13.2. The number of methoxy groups -OCH3 is 1. The first-order valence-corrected chi connectivity index (χ1v) is 8.88. The summed E-state index contributed by atoms with van der Waals surface area (Å²) in [6.45, 7) is 0.536. The van der Waals surface area contributed by atoms with Gasteiger partial charge in [0.05, 0.1) is 12.7 Å². The number of nitrogens with two attached hydrogens (primary N) is 1. The number of carbonyl (C=O) groups is 1. The summed E-state index contributed by atoms with van der Waals surface area (Å²) in [7, 11) is 1.36. The second-order valence-electron chi connectivity index (χ2n) is 6.29. The molecule has 4 heteroatoms. The Morgan fingerprint density at radius 1 is 0.889 bits per heavy atom. The zero-order valence-electron chi connectivity index (χ0n) is 15.4. The second-order valence-corrected chi connectivity index (χ2v) is 6.29. The van der Waals surface area contributed by atoms with E-state index in [1.807, 2.05) is 54.6 Å². The van der Waals surface area contributed by atoms with Gasteiger partial charge in [-0.1, -0.05) is 54.6 Å². The summed E-state index contributed by atoms with van der Waals surface area (Å²) in [6, 6.07) is 23.4. The lowest BCUT2D eigenvalue weighted by atomic mass is 10.0. The van der Waals surface area contributed by atoms with Crippen LogP contribution in [0.25, 0.3) is 0 Å². The Hall–Kier alpha value is -3.27. The maximum absolute atomic E-state index is 11.6. The van der Waals surface area contributed by atoms with Crippen LogP contribution < -0.4 is 10.5 Å². The van der Waals surface area contributed by atoms with E-state index in [1.54, 1.807) is 12.1 Å². The van der Waals surface area contributed by atoms with Crippen LogP contribution in [0, 0.1) is 0 Å². The highest BCUT2D eigenvalue weighted by molar-refractivity contribution is 5.90. The van der Waals surface area contributed by atoms with Crippen molar-refractivity contribution in [1.82, 2.24) is 0 Å². The molecule has 0 fully saturated rings. The third-order valence-corrected chi connectivity index (χ3v) is 4.44. The van der Waals surface area contributed by atoms with E-state index in [-0.39, 0.29) is 5.97 Å². The fraction of sp³-hybridized carbons (Fsp3) is 0.174. The smallest absolute Gasteiger partial charge is 0.337 e. The third kappa shape index (κ3) is 4.88. The number of hydrogen-bond donors (Lipinski definition) is 1. The molecule has 0 radical (unpaired) electrons. The second kappa shape index (κ2) is 8.90. The van der Waals surface area contributed by atoms with Gasteiger partial charge < -0.3 is 15.2 Å². The number of rotatable bonds is 7. The Morgan fingerprint density at radius 2 is 1.59 bits per heavy atom. The predicted molar refractivity (Wildman–Crippen MR) is 107 cm³/mol. The topological polar surface area (TPSA) is 61.5 Å². The summed E-state index contributed by atoms with van der Waals surface area (Å²) in [6.07, 6.45) is 1.56. The highest BCUT2D eigenvalue weighted by atomic mass is 16.5. The van der Waals surface area contributed by atoms with Crippen LogP contribution in [0.3, 0.4) is 0 Å². The van der Waals surface area contributed by atoms with Crippen molar-refractivity contribution in [3.05, 3.63) is 95.1 Å². The third-order valence-electron chi connectivity index (χ3n) is 4.44. The molecule has 0 spiro atoms. The summed E-state index contributed by atoms with van der Waals surface area (Å²) < 4.78 is 10.7. The molecule has 0 aliphatic heterocycles. The van der Waals surface area contributed by atoms with Gasteiger partial charge in [-0.3, -0.25) is 0 Å². The standard InChI is InChI=1S/C23H23NO3/c1-26-23(25)20-14-12-18(21(24)15-20)11-13-19-9-5-6-10-22(19)27-16-17-7-3-2-4-8-17/h2-10,12,14-15H,11,13,16,24H2,1H3. The molecule has 0 amide bonds. The first kappa shape index (κ1) is 18.5. The molecule has 138 valence electrons. The molecule has 0 unspecified atom stereocenters. The van der Waals surface area contributed by atoms with Crippen molar-refractivity contribution in [3.8, 4) is 5.75 Å². The van der Waals surface area contributed by atoms with Gasteiger partial charge >= 0.3 is 5.97 Å². The highest BCUT2D eigenvalue weighted by Gasteiger charge is 2.10. The lowest BCUT2D eigenvalue weighted by Gasteiger charge is -2.13. The number of ether oxygens (including phenoxy) is 2. The fourth-order valence-electron chi connectivity index (χ4n) is 2.92. The quantitative estimate of drug-likeness (QED) is 0.500. The molecule has 0 aliphatic carbocycles. The number of benzene rings is 3. The van der Waals surface area contributed by atoms with Crippen LogP contribution in [0.5, 0.6) is 5.75 Å². The summed E-state index contributed by atoms with van der Waals surface area (Å²) in [5.74, 6) is 0.499. The normalized spacial score (nSPS) is 10.4. The molecule has 0 saturated heterocycles. The van der Waals surface area contributed by atoms with Crippen molar-refractivity contribution in [1.29, 1.82) is 0 Å². The van der Waals surface area contributed by atoms with E-state index in [0.717, 1.165) is 35.3 Å². The zero-order chi connectivity index (χ0) is 19.1. The van der Waals surface area contributed by atoms with Crippen molar-refractivity contribution in [3.63, 3.8) is 0 Å². The summed E-state index contributed by atoms with van der Waals surface area (Å²) in [5.41, 5.74) is 10.4. The maximum atomic E-state index is 11.6. The van der Waals surface area contributed by atoms with Crippen LogP contribution in [0.1, 0.15) is 27.0 Å². The molecular weight excluding hydrogens is 338 g/mol. The van der Waals surface area contributed by atoms with Gasteiger partial charge in [-0.25, -0.2) is 4.79 Å². The molecule has 0 saturated carbocycles. The summed E-state index contributed by atoms with van der Waals surface area (Å²) in [4.78, 5) is 11.6. The minimum absolute atomic E-state index is 0.382. The Kier molecular flexibility index (Phi) is 6.10. The highest BCUT2D eigenvalue weighted by Crippen LogP contribution is 2.23. The number of para-hydroxylation sites is 1. The maximum Gasteiger partial charge on any atom is 0.337 e. The lowest BCUT2D eigenvalue weighted by molar-refractivity contribution is 0.0601. The van der Waals surface area contributed by atoms with Crippen LogP contribution in [0.4, 0.5) is 5.69 Å². The number of carbonyl (C=O) groups excluding carboxylic acids is 1. The van der Waals surface area contributed by atoms with E-state index < -0.39 is 0 Å². The van der Waals surface area contributed by atoms with Gasteiger partial charge in [-0.2, -0.15) is 0 Å². The van der Waals surface area contributed by atoms with Gasteiger partial charge in [0.15, 0.2) is 0 Å². The number of hydrogen-bond acceptors (Lipinski definition) is 4. The molecule has 0 heterocycles. The number of aryl methyl sites for hydroxylation is 2. The first-order valence-electron chi connectivity index (χ1n) is 8.88. The minimum atomic E-state index is -0.382. The van der Waals surface area contributed by atoms with E-state index in [4.69, 9.17) is 15.2 Å². The molecule has 2 N–H and O–H groups in total. The van der Waals surface area contributed by atoms with Crippen molar-refractivity contribution in [2.24, 2.45) is 0 Å². The van der Waals surface area contributed by atoms with Crippen LogP contribution in [0.15, 0.2) is 72.8 Å². The summed E-state index contributed by atoms with van der Waals surface area (Å²) in [5, 5.41) is 0. The Morgan fingerprint density at radius 3 is 2.33 bits per heavy atom. The van der Waals surface area contributed by atoms with Crippen LogP contribution in [-0.2, 0) is 24.2 Å². The minimum Gasteiger partial charge on any atom is -0.489 e. The summed E-state index contributed by atoms with van der Waals surface area (Å²) >= 11 is 0. The van der Waals surface area contributed by atoms with Gasteiger partial charge in [-0.05, 0) is 47.7 Å². The van der Waals surface area contributed by atoms with Crippen LogP contribution >= 0.6 is 0 Å². The van der Waals surface area contributed by atoms with Crippen molar-refractivity contribution in [2.45, 2.75) is 19.4 Å². The van der Waals surface area contributed by atoms with Gasteiger partial charge in [0, 0.05) is 5.69 Å². The van der Waals surface area contributed by atoms with Crippen LogP contribution in [-0.4, -0.2) is 13.1 Å². The van der Waals surface area contributed by atoms with Gasteiger partial charge in [0.1, 0.15) is 12.4 Å². The average molecular weight is 361 g/mol. The number of nitrogen functional groups attached to an aromatic ring is 1. The van der Waals surface area contributed by atoms with Crippen molar-refractivity contribution >= 4 is 11.7 Å². The van der Waals surface area contributed by atoms with E-state index in [1.165, 1.54) is 7.11 Å². The van der Waals surface area contributed by atoms with Gasteiger partial charge in [0.25, 0.3) is 0 Å². The van der Waals surface area contributed by atoms with E-state index in [0.29, 0.717) is 17.9 Å². The Labute approximate surface area is 159 Å². The molecule has 3 rings (SSSR count). The van der Waals surface area contributed by atoms with Gasteiger partial charge in [-0.15, -0.1) is 0 Å². The number of anilines is 1. The van der Waals surface area contributed by atoms with Crippen molar-refractivity contribution < 1.29 is 14.3 Å². The van der Waals surface area contributed by atoms with E-state index in [9.17, 15) is 4.79 Å². The van der Waals surface area contributed by atoms with Crippen molar-refractivity contribution in [2.75, 3.05) is 12.8 Å². The monoisotopic (exact) mass is 361 g/mol. The molecular formula is C23H23NO3. The Bertz CT molecular complexity index is 907. The lowest BCUT2D eigenvalue weighted by Crippen LogP contribution is -2.05. The SMILES string of the molecule is COC(=O)c1ccc(CCc2ccccc2OCc2ccccc2)c(N)c1. The largest absolute Gasteiger partial charge is 0.489 e.